The molecule has 5 nitrogen and oxygen atoms in total. The molecular weight excluding hydrogens is 250 g/mol. The van der Waals surface area contributed by atoms with Crippen LogP contribution in [0.1, 0.15) is 25.0 Å². The highest BCUT2D eigenvalue weighted by molar-refractivity contribution is 5.28. The smallest absolute Gasteiger partial charge is 0.0969 e. The highest BCUT2D eigenvalue weighted by atomic mass is 15.5. The highest BCUT2D eigenvalue weighted by Gasteiger charge is 2.26. The summed E-state index contributed by atoms with van der Waals surface area (Å²) in [5, 5.41) is 21.2. The fourth-order valence-electron chi connectivity index (χ4n) is 2.66. The molecule has 1 N–H and O–H groups in total. The Kier molecular flexibility index (Phi) is 3.75. The van der Waals surface area contributed by atoms with Crippen molar-refractivity contribution in [2.45, 2.75) is 31.8 Å². The van der Waals surface area contributed by atoms with Crippen molar-refractivity contribution in [1.29, 1.82) is 5.26 Å². The summed E-state index contributed by atoms with van der Waals surface area (Å²) in [4.78, 5) is 1.63. The van der Waals surface area contributed by atoms with E-state index >= 15 is 0 Å². The van der Waals surface area contributed by atoms with E-state index in [2.05, 4.69) is 21.6 Å². The van der Waals surface area contributed by atoms with Crippen LogP contribution >= 0.6 is 0 Å². The van der Waals surface area contributed by atoms with Crippen molar-refractivity contribution >= 4 is 0 Å². The van der Waals surface area contributed by atoms with Crippen LogP contribution in [0.4, 0.5) is 0 Å². The number of aromatic nitrogens is 3. The summed E-state index contributed by atoms with van der Waals surface area (Å²) in [5.41, 5.74) is 1.85. The maximum absolute atomic E-state index is 9.06. The summed E-state index contributed by atoms with van der Waals surface area (Å²) in [6.07, 6.45) is 4.98. The minimum atomic E-state index is 0.138. The van der Waals surface area contributed by atoms with E-state index < -0.39 is 0 Å². The molecule has 0 aliphatic heterocycles. The first kappa shape index (κ1) is 12.8. The summed E-state index contributed by atoms with van der Waals surface area (Å²) >= 11 is 0. The second-order valence-corrected chi connectivity index (χ2v) is 5.11. The number of benzene rings is 1. The predicted molar refractivity (Wildman–Crippen MR) is 74.9 cm³/mol. The minimum Gasteiger partial charge on any atom is -0.307 e. The fraction of sp³-hybridized carbons (Fsp3) is 0.400. The molecule has 2 aromatic rings. The summed E-state index contributed by atoms with van der Waals surface area (Å²) in [7, 11) is 0. The predicted octanol–water partition coefficient (Wildman–Crippen LogP) is 2.05. The van der Waals surface area contributed by atoms with Crippen molar-refractivity contribution < 1.29 is 0 Å². The van der Waals surface area contributed by atoms with Gasteiger partial charge in [-0.15, -0.1) is 0 Å². The number of nitrogens with one attached hydrogen (secondary N) is 1. The second-order valence-electron chi connectivity index (χ2n) is 5.11. The van der Waals surface area contributed by atoms with Crippen LogP contribution in [0.3, 0.4) is 0 Å². The number of rotatable bonds is 4. The van der Waals surface area contributed by atoms with Gasteiger partial charge in [0.25, 0.3) is 0 Å². The van der Waals surface area contributed by atoms with Crippen molar-refractivity contribution in [3.05, 3.63) is 42.2 Å². The first-order valence-electron chi connectivity index (χ1n) is 6.96. The van der Waals surface area contributed by atoms with E-state index in [1.165, 1.54) is 0 Å². The van der Waals surface area contributed by atoms with Crippen LogP contribution in [-0.2, 0) is 6.54 Å². The van der Waals surface area contributed by atoms with Gasteiger partial charge in [0.1, 0.15) is 0 Å². The third-order valence-corrected chi connectivity index (χ3v) is 3.75. The molecule has 2 atom stereocenters. The van der Waals surface area contributed by atoms with Gasteiger partial charge in [0.05, 0.1) is 29.6 Å². The normalized spacial score (nSPS) is 21.8. The van der Waals surface area contributed by atoms with E-state index in [9.17, 15) is 0 Å². The Balaban J connectivity index is 1.62. The molecule has 0 amide bonds. The zero-order valence-electron chi connectivity index (χ0n) is 11.2. The molecule has 20 heavy (non-hydrogen) atoms. The first-order chi connectivity index (χ1) is 9.86. The Labute approximate surface area is 118 Å². The molecule has 1 fully saturated rings. The van der Waals surface area contributed by atoms with Crippen molar-refractivity contribution in [3.63, 3.8) is 0 Å². The van der Waals surface area contributed by atoms with Gasteiger partial charge < -0.3 is 5.32 Å². The molecule has 0 saturated heterocycles. The molecule has 102 valence electrons. The molecule has 5 heteroatoms. The molecule has 3 rings (SSSR count). The van der Waals surface area contributed by atoms with Gasteiger partial charge >= 0.3 is 0 Å². The molecule has 1 aromatic heterocycles. The first-order valence-corrected chi connectivity index (χ1v) is 6.96. The summed E-state index contributed by atoms with van der Waals surface area (Å²) < 4.78 is 0. The van der Waals surface area contributed by atoms with Crippen molar-refractivity contribution in [3.8, 4) is 11.8 Å². The monoisotopic (exact) mass is 267 g/mol. The van der Waals surface area contributed by atoms with E-state index in [-0.39, 0.29) is 5.92 Å². The van der Waals surface area contributed by atoms with Crippen LogP contribution in [0.2, 0.25) is 0 Å². The SMILES string of the molecule is N#CC1CCCC1NCc1cnn(-c2ccccc2)n1. The maximum Gasteiger partial charge on any atom is 0.0969 e. The zero-order valence-corrected chi connectivity index (χ0v) is 11.2. The van der Waals surface area contributed by atoms with Crippen LogP contribution < -0.4 is 5.32 Å². The van der Waals surface area contributed by atoms with Gasteiger partial charge in [0.15, 0.2) is 0 Å². The summed E-state index contributed by atoms with van der Waals surface area (Å²) in [5.74, 6) is 0.138. The van der Waals surface area contributed by atoms with Crippen LogP contribution in [-0.4, -0.2) is 21.0 Å². The molecule has 1 aromatic carbocycles. The van der Waals surface area contributed by atoms with Gasteiger partial charge in [-0.1, -0.05) is 24.6 Å². The summed E-state index contributed by atoms with van der Waals surface area (Å²) in [6, 6.07) is 12.5. The van der Waals surface area contributed by atoms with Gasteiger partial charge in [0, 0.05) is 12.6 Å². The van der Waals surface area contributed by atoms with Gasteiger partial charge in [-0.05, 0) is 25.0 Å². The molecule has 1 saturated carbocycles. The number of hydrogen-bond acceptors (Lipinski definition) is 4. The zero-order chi connectivity index (χ0) is 13.8. The summed E-state index contributed by atoms with van der Waals surface area (Å²) in [6.45, 7) is 0.662. The van der Waals surface area contributed by atoms with Crippen LogP contribution in [0, 0.1) is 17.2 Å². The van der Waals surface area contributed by atoms with E-state index in [0.29, 0.717) is 12.6 Å². The molecule has 0 bridgehead atoms. The van der Waals surface area contributed by atoms with Crippen molar-refractivity contribution in [2.24, 2.45) is 5.92 Å². The third-order valence-electron chi connectivity index (χ3n) is 3.75. The van der Waals surface area contributed by atoms with Crippen LogP contribution in [0.15, 0.2) is 36.5 Å². The van der Waals surface area contributed by atoms with Gasteiger partial charge in [-0.25, -0.2) is 0 Å². The number of nitriles is 1. The lowest BCUT2D eigenvalue weighted by Crippen LogP contribution is -2.31. The van der Waals surface area contributed by atoms with E-state index in [1.54, 1.807) is 11.0 Å². The fourth-order valence-corrected chi connectivity index (χ4v) is 2.66. The lowest BCUT2D eigenvalue weighted by Gasteiger charge is -2.13. The largest absolute Gasteiger partial charge is 0.307 e. The van der Waals surface area contributed by atoms with Crippen molar-refractivity contribution in [1.82, 2.24) is 20.3 Å². The number of para-hydroxylation sites is 1. The Morgan fingerprint density at radius 1 is 1.30 bits per heavy atom. The van der Waals surface area contributed by atoms with E-state index in [4.69, 9.17) is 5.26 Å². The Morgan fingerprint density at radius 3 is 2.95 bits per heavy atom. The average molecular weight is 267 g/mol. The van der Waals surface area contributed by atoms with Crippen molar-refractivity contribution in [2.75, 3.05) is 0 Å². The minimum absolute atomic E-state index is 0.138. The molecular formula is C15H17N5. The molecule has 1 aliphatic rings. The third kappa shape index (κ3) is 2.70. The average Bonchev–Trinajstić information content (AvgIpc) is 3.15. The Hall–Kier alpha value is -2.19. The number of hydrogen-bond donors (Lipinski definition) is 1. The quantitative estimate of drug-likeness (QED) is 0.920. The molecule has 1 aliphatic carbocycles. The Bertz CT molecular complexity index is 598. The van der Waals surface area contributed by atoms with E-state index in [0.717, 1.165) is 30.6 Å². The molecule has 1 heterocycles. The second kappa shape index (κ2) is 5.85. The van der Waals surface area contributed by atoms with Gasteiger partial charge in [-0.3, -0.25) is 0 Å². The molecule has 2 unspecified atom stereocenters. The van der Waals surface area contributed by atoms with Crippen LogP contribution in [0.25, 0.3) is 5.69 Å². The molecule has 0 spiro atoms. The highest BCUT2D eigenvalue weighted by Crippen LogP contribution is 2.24. The van der Waals surface area contributed by atoms with E-state index in [1.807, 2.05) is 30.3 Å². The number of nitrogens with zero attached hydrogens (tertiary/aromatic N) is 4. The topological polar surface area (TPSA) is 66.5 Å². The lowest BCUT2D eigenvalue weighted by molar-refractivity contribution is 0.460. The lowest BCUT2D eigenvalue weighted by atomic mass is 10.1. The molecule has 0 radical (unpaired) electrons. The maximum atomic E-state index is 9.06. The van der Waals surface area contributed by atoms with Crippen LogP contribution in [0.5, 0.6) is 0 Å². The standard InChI is InChI=1S/C15H17N5/c16-9-12-5-4-8-15(12)17-10-13-11-18-20(19-13)14-6-2-1-3-7-14/h1-3,6-7,11-12,15,17H,4-5,8,10H2. The van der Waals surface area contributed by atoms with Gasteiger partial charge in [-0.2, -0.15) is 20.3 Å². The van der Waals surface area contributed by atoms with Gasteiger partial charge in [0.2, 0.25) is 0 Å². The Morgan fingerprint density at radius 2 is 2.15 bits per heavy atom.